The van der Waals surface area contributed by atoms with Crippen molar-refractivity contribution in [1.29, 1.82) is 0 Å². The van der Waals surface area contributed by atoms with Gasteiger partial charge in [0.1, 0.15) is 0 Å². The van der Waals surface area contributed by atoms with Crippen LogP contribution in [-0.4, -0.2) is 8.32 Å². The van der Waals surface area contributed by atoms with E-state index in [2.05, 4.69) is 32.6 Å². The van der Waals surface area contributed by atoms with Crippen molar-refractivity contribution in [3.63, 3.8) is 0 Å². The molecule has 1 nitrogen and oxygen atoms in total. The second kappa shape index (κ2) is 7.19. The zero-order chi connectivity index (χ0) is 10.2. The van der Waals surface area contributed by atoms with Gasteiger partial charge < -0.3 is 4.43 Å². The molecule has 0 saturated carbocycles. The molecule has 0 radical (unpaired) electrons. The van der Waals surface area contributed by atoms with Crippen molar-refractivity contribution in [2.75, 3.05) is 0 Å². The number of allylic oxidation sites excluding steroid dienone is 1. The lowest BCUT2D eigenvalue weighted by Gasteiger charge is -2.14. The summed E-state index contributed by atoms with van der Waals surface area (Å²) < 4.78 is 5.59. The molecule has 0 rings (SSSR count). The van der Waals surface area contributed by atoms with Crippen LogP contribution in [0, 0.1) is 0 Å². The van der Waals surface area contributed by atoms with Gasteiger partial charge in [0.2, 0.25) is 8.32 Å². The molecule has 0 spiro atoms. The molecule has 0 heterocycles. The maximum atomic E-state index is 5.59. The first kappa shape index (κ1) is 12.8. The van der Waals surface area contributed by atoms with Gasteiger partial charge in [0, 0.05) is 0 Å². The lowest BCUT2D eigenvalue weighted by molar-refractivity contribution is 0.476. The van der Waals surface area contributed by atoms with Gasteiger partial charge in [0.15, 0.2) is 0 Å². The summed E-state index contributed by atoms with van der Waals surface area (Å²) in [7, 11) is -1.32. The molecule has 0 atom stereocenters. The average Bonchev–Trinajstić information content (AvgIpc) is 2.01. The molecule has 0 aromatic heterocycles. The minimum Gasteiger partial charge on any atom is -0.550 e. The van der Waals surface area contributed by atoms with Crippen LogP contribution in [0.5, 0.6) is 0 Å². The number of hydrogen-bond donors (Lipinski definition) is 0. The minimum absolute atomic E-state index is 1.17. The molecule has 0 aromatic rings. The SMILES string of the molecule is CCCCCC/C=C/O[Si](C)(C)C. The van der Waals surface area contributed by atoms with E-state index in [-0.39, 0.29) is 0 Å². The van der Waals surface area contributed by atoms with E-state index >= 15 is 0 Å². The molecule has 0 aliphatic rings. The smallest absolute Gasteiger partial charge is 0.241 e. The van der Waals surface area contributed by atoms with Crippen LogP contribution >= 0.6 is 0 Å². The van der Waals surface area contributed by atoms with Crippen LogP contribution < -0.4 is 0 Å². The van der Waals surface area contributed by atoms with E-state index in [0.717, 1.165) is 0 Å². The predicted molar refractivity (Wildman–Crippen MR) is 62.3 cm³/mol. The zero-order valence-electron chi connectivity index (χ0n) is 9.60. The second-order valence-corrected chi connectivity index (χ2v) is 8.91. The Morgan fingerprint density at radius 1 is 1.08 bits per heavy atom. The molecule has 13 heavy (non-hydrogen) atoms. The fourth-order valence-electron chi connectivity index (χ4n) is 1.01. The summed E-state index contributed by atoms with van der Waals surface area (Å²) in [5.41, 5.74) is 0. The molecule has 2 heteroatoms. The Morgan fingerprint density at radius 3 is 2.31 bits per heavy atom. The first-order valence-corrected chi connectivity index (χ1v) is 8.80. The van der Waals surface area contributed by atoms with Gasteiger partial charge in [-0.2, -0.15) is 0 Å². The number of rotatable bonds is 7. The lowest BCUT2D eigenvalue weighted by Crippen LogP contribution is -2.21. The standard InChI is InChI=1S/C11H24OSi/c1-5-6-7-8-9-10-11-12-13(2,3)4/h10-11H,5-9H2,1-4H3/b11-10+. The summed E-state index contributed by atoms with van der Waals surface area (Å²) in [6, 6.07) is 0. The molecule has 0 aliphatic carbocycles. The molecular weight excluding hydrogens is 176 g/mol. The third kappa shape index (κ3) is 11.8. The van der Waals surface area contributed by atoms with Crippen LogP contribution in [-0.2, 0) is 4.43 Å². The average molecular weight is 200 g/mol. The van der Waals surface area contributed by atoms with E-state index in [1.807, 2.05) is 6.26 Å². The van der Waals surface area contributed by atoms with Gasteiger partial charge in [0.25, 0.3) is 0 Å². The summed E-state index contributed by atoms with van der Waals surface area (Å²) in [4.78, 5) is 0. The molecule has 0 aromatic carbocycles. The Balaban J connectivity index is 3.22. The number of hydrogen-bond acceptors (Lipinski definition) is 1. The summed E-state index contributed by atoms with van der Waals surface area (Å²) in [5.74, 6) is 0. The highest BCUT2D eigenvalue weighted by Crippen LogP contribution is 2.05. The number of unbranched alkanes of at least 4 members (excludes halogenated alkanes) is 4. The fraction of sp³-hybridized carbons (Fsp3) is 0.818. The van der Waals surface area contributed by atoms with E-state index < -0.39 is 8.32 Å². The summed E-state index contributed by atoms with van der Waals surface area (Å²) >= 11 is 0. The van der Waals surface area contributed by atoms with Crippen molar-refractivity contribution in [2.45, 2.75) is 58.7 Å². The maximum Gasteiger partial charge on any atom is 0.241 e. The van der Waals surface area contributed by atoms with Gasteiger partial charge in [0.05, 0.1) is 6.26 Å². The Bertz CT molecular complexity index is 136. The molecule has 0 unspecified atom stereocenters. The highest BCUT2D eigenvalue weighted by molar-refractivity contribution is 6.69. The quantitative estimate of drug-likeness (QED) is 0.338. The van der Waals surface area contributed by atoms with Crippen molar-refractivity contribution in [1.82, 2.24) is 0 Å². The topological polar surface area (TPSA) is 9.23 Å². The fourth-order valence-corrected chi connectivity index (χ4v) is 1.51. The summed E-state index contributed by atoms with van der Waals surface area (Å²) in [6.07, 6.45) is 10.6. The van der Waals surface area contributed by atoms with Gasteiger partial charge in [-0.25, -0.2) is 0 Å². The maximum absolute atomic E-state index is 5.59. The normalized spacial score (nSPS) is 12.3. The second-order valence-electron chi connectivity index (χ2n) is 4.45. The molecule has 0 aliphatic heterocycles. The van der Waals surface area contributed by atoms with Crippen LogP contribution in [0.15, 0.2) is 12.3 Å². The predicted octanol–water partition coefficient (Wildman–Crippen LogP) is 4.32. The first-order valence-electron chi connectivity index (χ1n) is 5.39. The van der Waals surface area contributed by atoms with E-state index in [4.69, 9.17) is 4.43 Å². The third-order valence-corrected chi connectivity index (χ3v) is 2.59. The van der Waals surface area contributed by atoms with Crippen LogP contribution in [0.25, 0.3) is 0 Å². The minimum atomic E-state index is -1.32. The van der Waals surface area contributed by atoms with E-state index in [0.29, 0.717) is 0 Å². The summed E-state index contributed by atoms with van der Waals surface area (Å²) in [5, 5.41) is 0. The Hall–Kier alpha value is -0.243. The molecule has 0 bridgehead atoms. The molecule has 78 valence electrons. The highest BCUT2D eigenvalue weighted by atomic mass is 28.4. The van der Waals surface area contributed by atoms with Crippen molar-refractivity contribution >= 4 is 8.32 Å². The van der Waals surface area contributed by atoms with E-state index in [9.17, 15) is 0 Å². The van der Waals surface area contributed by atoms with Crippen molar-refractivity contribution in [3.8, 4) is 0 Å². The van der Waals surface area contributed by atoms with E-state index in [1.54, 1.807) is 0 Å². The lowest BCUT2D eigenvalue weighted by atomic mass is 10.2. The first-order chi connectivity index (χ1) is 6.06. The van der Waals surface area contributed by atoms with Crippen molar-refractivity contribution in [3.05, 3.63) is 12.3 Å². The van der Waals surface area contributed by atoms with Crippen LogP contribution in [0.1, 0.15) is 39.0 Å². The van der Waals surface area contributed by atoms with Crippen LogP contribution in [0.3, 0.4) is 0 Å². The largest absolute Gasteiger partial charge is 0.550 e. The Labute approximate surface area is 84.3 Å². The molecule has 0 saturated heterocycles. The van der Waals surface area contributed by atoms with Gasteiger partial charge >= 0.3 is 0 Å². The van der Waals surface area contributed by atoms with Crippen molar-refractivity contribution < 1.29 is 4.43 Å². The zero-order valence-corrected chi connectivity index (χ0v) is 10.6. The molecular formula is C11H24OSi. The van der Waals surface area contributed by atoms with Gasteiger partial charge in [-0.1, -0.05) is 32.3 Å². The van der Waals surface area contributed by atoms with Gasteiger partial charge in [-0.05, 0) is 32.5 Å². The van der Waals surface area contributed by atoms with Crippen LogP contribution in [0.4, 0.5) is 0 Å². The third-order valence-electron chi connectivity index (χ3n) is 1.74. The monoisotopic (exact) mass is 200 g/mol. The molecule has 0 amide bonds. The van der Waals surface area contributed by atoms with Gasteiger partial charge in [-0.15, -0.1) is 0 Å². The Kier molecular flexibility index (Phi) is 7.05. The molecule has 0 fully saturated rings. The van der Waals surface area contributed by atoms with Crippen molar-refractivity contribution in [2.24, 2.45) is 0 Å². The van der Waals surface area contributed by atoms with Crippen LogP contribution in [0.2, 0.25) is 19.6 Å². The molecule has 0 N–H and O–H groups in total. The summed E-state index contributed by atoms with van der Waals surface area (Å²) in [6.45, 7) is 8.85. The van der Waals surface area contributed by atoms with E-state index in [1.165, 1.54) is 32.1 Å². The Morgan fingerprint density at radius 2 is 1.77 bits per heavy atom. The highest BCUT2D eigenvalue weighted by Gasteiger charge is 2.12. The van der Waals surface area contributed by atoms with Gasteiger partial charge in [-0.3, -0.25) is 0 Å².